The Balaban J connectivity index is 1.67. The zero-order valence-corrected chi connectivity index (χ0v) is 35.0. The SMILES string of the molecule is COC(=O)CN(CCN(CC(=O)OC)Cc1cc(OC(C)C)ccc1B1OC(C)(C)C(C)(C)O1)Cc1cc(OC(C)C)ccc1B1OC(C)(C)C(C)(C)O1. The van der Waals surface area contributed by atoms with Crippen LogP contribution in [0.2, 0.25) is 0 Å². The second-order valence-electron chi connectivity index (χ2n) is 16.8. The maximum Gasteiger partial charge on any atom is 0.495 e. The molecule has 54 heavy (non-hydrogen) atoms. The van der Waals surface area contributed by atoms with Gasteiger partial charge in [0.1, 0.15) is 11.5 Å². The van der Waals surface area contributed by atoms with Gasteiger partial charge in [-0.2, -0.15) is 0 Å². The molecule has 0 radical (unpaired) electrons. The summed E-state index contributed by atoms with van der Waals surface area (Å²) < 4.78 is 48.3. The first-order chi connectivity index (χ1) is 25.1. The average Bonchev–Trinajstić information content (AvgIpc) is 3.41. The van der Waals surface area contributed by atoms with Crippen LogP contribution in [0.5, 0.6) is 11.5 Å². The Hall–Kier alpha value is -3.13. The summed E-state index contributed by atoms with van der Waals surface area (Å²) in [7, 11) is 1.51. The van der Waals surface area contributed by atoms with E-state index in [0.717, 1.165) is 22.1 Å². The van der Waals surface area contributed by atoms with Gasteiger partial charge in [-0.05, 0) is 129 Å². The molecule has 0 spiro atoms. The molecule has 0 amide bonds. The van der Waals surface area contributed by atoms with Crippen LogP contribution in [0, 0.1) is 0 Å². The number of benzene rings is 2. The molecule has 2 saturated heterocycles. The Labute approximate surface area is 323 Å². The van der Waals surface area contributed by atoms with Crippen molar-refractivity contribution in [2.45, 2.75) is 131 Å². The van der Waals surface area contributed by atoms with Crippen molar-refractivity contribution >= 4 is 37.1 Å². The number of hydrogen-bond acceptors (Lipinski definition) is 12. The van der Waals surface area contributed by atoms with E-state index in [1.165, 1.54) is 14.2 Å². The summed E-state index contributed by atoms with van der Waals surface area (Å²) in [5.74, 6) is 0.624. The highest BCUT2D eigenvalue weighted by molar-refractivity contribution is 6.63. The number of methoxy groups -OCH3 is 2. The molecule has 0 saturated carbocycles. The van der Waals surface area contributed by atoms with Crippen LogP contribution in [-0.4, -0.2) is 111 Å². The van der Waals surface area contributed by atoms with E-state index in [9.17, 15) is 9.59 Å². The molecule has 2 aliphatic heterocycles. The molecule has 4 rings (SSSR count). The van der Waals surface area contributed by atoms with Crippen LogP contribution in [0.1, 0.15) is 94.2 Å². The third-order valence-corrected chi connectivity index (χ3v) is 10.7. The zero-order valence-electron chi connectivity index (χ0n) is 35.0. The molecule has 0 aromatic heterocycles. The van der Waals surface area contributed by atoms with E-state index in [4.69, 9.17) is 37.6 Å². The minimum atomic E-state index is -0.623. The van der Waals surface area contributed by atoms with Gasteiger partial charge < -0.3 is 37.6 Å². The smallest absolute Gasteiger partial charge is 0.491 e. The van der Waals surface area contributed by atoms with Crippen molar-refractivity contribution < 1.29 is 47.2 Å². The van der Waals surface area contributed by atoms with Crippen LogP contribution in [0.25, 0.3) is 0 Å². The van der Waals surface area contributed by atoms with E-state index in [1.807, 2.05) is 129 Å². The van der Waals surface area contributed by atoms with Crippen molar-refractivity contribution in [1.82, 2.24) is 9.80 Å². The Morgan fingerprint density at radius 3 is 1.19 bits per heavy atom. The highest BCUT2D eigenvalue weighted by Crippen LogP contribution is 2.38. The van der Waals surface area contributed by atoms with E-state index in [1.54, 1.807) is 0 Å². The summed E-state index contributed by atoms with van der Waals surface area (Å²) in [4.78, 5) is 29.7. The molecule has 2 aromatic rings. The van der Waals surface area contributed by atoms with Gasteiger partial charge >= 0.3 is 26.2 Å². The lowest BCUT2D eigenvalue weighted by molar-refractivity contribution is -0.143. The van der Waals surface area contributed by atoms with Gasteiger partial charge in [0.05, 0.1) is 61.9 Å². The van der Waals surface area contributed by atoms with Crippen LogP contribution < -0.4 is 20.4 Å². The third kappa shape index (κ3) is 10.8. The predicted octanol–water partition coefficient (Wildman–Crippen LogP) is 4.51. The second-order valence-corrected chi connectivity index (χ2v) is 16.8. The Morgan fingerprint density at radius 1 is 0.593 bits per heavy atom. The summed E-state index contributed by atoms with van der Waals surface area (Å²) in [5, 5.41) is 0. The van der Waals surface area contributed by atoms with Crippen LogP contribution in [0.3, 0.4) is 0 Å². The van der Waals surface area contributed by atoms with Gasteiger partial charge in [0.25, 0.3) is 0 Å². The molecule has 2 heterocycles. The standard InChI is InChI=1S/C40H62B2N2O10/c1-27(2)49-31-15-17-33(41-51-37(5,6)38(7,8)52-41)29(21-31)23-43(25-35(45)47-13)19-20-44(26-36(46)48-14)24-30-22-32(50-28(3)4)16-18-34(30)42-53-39(9,10)40(11,12)54-42/h15-18,21-22,27-28H,19-20,23-26H2,1-14H3. The number of rotatable bonds is 17. The zero-order chi connectivity index (χ0) is 40.2. The number of esters is 2. The molecule has 12 nitrogen and oxygen atoms in total. The van der Waals surface area contributed by atoms with Crippen LogP contribution in [0.4, 0.5) is 0 Å². The number of nitrogens with zero attached hydrogens (tertiary/aromatic N) is 2. The van der Waals surface area contributed by atoms with Crippen molar-refractivity contribution in [3.05, 3.63) is 47.5 Å². The topological polar surface area (TPSA) is 114 Å². The summed E-state index contributed by atoms with van der Waals surface area (Å²) in [5.41, 5.74) is 1.29. The van der Waals surface area contributed by atoms with Crippen LogP contribution in [0.15, 0.2) is 36.4 Å². The fourth-order valence-electron chi connectivity index (χ4n) is 6.22. The maximum absolute atomic E-state index is 12.9. The van der Waals surface area contributed by atoms with Crippen molar-refractivity contribution in [3.8, 4) is 11.5 Å². The molecule has 2 aliphatic rings. The van der Waals surface area contributed by atoms with Gasteiger partial charge in [0, 0.05) is 26.2 Å². The first-order valence-electron chi connectivity index (χ1n) is 18.9. The first-order valence-corrected chi connectivity index (χ1v) is 18.9. The summed E-state index contributed by atoms with van der Waals surface area (Å²) >= 11 is 0. The quantitative estimate of drug-likeness (QED) is 0.167. The Kier molecular flexibility index (Phi) is 14.0. The number of ether oxygens (including phenoxy) is 4. The monoisotopic (exact) mass is 752 g/mol. The summed E-state index contributed by atoms with van der Waals surface area (Å²) in [6, 6.07) is 11.7. The molecule has 0 unspecified atom stereocenters. The fraction of sp³-hybridized carbons (Fsp3) is 0.650. The van der Waals surface area contributed by atoms with E-state index in [2.05, 4.69) is 0 Å². The van der Waals surface area contributed by atoms with Crippen molar-refractivity contribution in [3.63, 3.8) is 0 Å². The minimum Gasteiger partial charge on any atom is -0.491 e. The molecule has 2 aromatic carbocycles. The lowest BCUT2D eigenvalue weighted by atomic mass is 9.75. The Morgan fingerprint density at radius 2 is 0.907 bits per heavy atom. The molecular formula is C40H62B2N2O10. The predicted molar refractivity (Wildman–Crippen MR) is 210 cm³/mol. The van der Waals surface area contributed by atoms with E-state index >= 15 is 0 Å². The Bertz CT molecular complexity index is 1460. The molecule has 0 bridgehead atoms. The summed E-state index contributed by atoms with van der Waals surface area (Å²) in [6.45, 7) is 25.6. The maximum atomic E-state index is 12.9. The molecule has 2 fully saturated rings. The molecular weight excluding hydrogens is 690 g/mol. The largest absolute Gasteiger partial charge is 0.495 e. The first kappa shape index (κ1) is 43.6. The molecule has 0 aliphatic carbocycles. The lowest BCUT2D eigenvalue weighted by Gasteiger charge is -2.32. The van der Waals surface area contributed by atoms with Crippen LogP contribution >= 0.6 is 0 Å². The van der Waals surface area contributed by atoms with Crippen LogP contribution in [-0.2, 0) is 50.8 Å². The van der Waals surface area contributed by atoms with Gasteiger partial charge in [-0.1, -0.05) is 12.1 Å². The molecule has 0 N–H and O–H groups in total. The van der Waals surface area contributed by atoms with Gasteiger partial charge in [0.15, 0.2) is 0 Å². The average molecular weight is 753 g/mol. The number of carbonyl (C=O) groups is 2. The van der Waals surface area contributed by atoms with E-state index in [0.29, 0.717) is 37.7 Å². The molecule has 0 atom stereocenters. The van der Waals surface area contributed by atoms with Gasteiger partial charge in [-0.3, -0.25) is 19.4 Å². The lowest BCUT2D eigenvalue weighted by Crippen LogP contribution is -2.43. The van der Waals surface area contributed by atoms with E-state index in [-0.39, 0.29) is 37.2 Å². The van der Waals surface area contributed by atoms with E-state index < -0.39 is 36.6 Å². The second kappa shape index (κ2) is 17.3. The summed E-state index contributed by atoms with van der Waals surface area (Å²) in [6.07, 6.45) is -0.0739. The minimum absolute atomic E-state index is 0.0114. The van der Waals surface area contributed by atoms with Gasteiger partial charge in [0.2, 0.25) is 0 Å². The molecule has 298 valence electrons. The highest BCUT2D eigenvalue weighted by atomic mass is 16.7. The van der Waals surface area contributed by atoms with Gasteiger partial charge in [-0.25, -0.2) is 0 Å². The molecule has 14 heteroatoms. The fourth-order valence-corrected chi connectivity index (χ4v) is 6.22. The van der Waals surface area contributed by atoms with Gasteiger partial charge in [-0.15, -0.1) is 0 Å². The van der Waals surface area contributed by atoms with Crippen molar-refractivity contribution in [1.29, 1.82) is 0 Å². The normalized spacial score (nSPS) is 18.6. The van der Waals surface area contributed by atoms with Crippen molar-refractivity contribution in [2.75, 3.05) is 40.4 Å². The van der Waals surface area contributed by atoms with Crippen molar-refractivity contribution in [2.24, 2.45) is 0 Å². The number of carbonyl (C=O) groups excluding carboxylic acids is 2. The highest BCUT2D eigenvalue weighted by Gasteiger charge is 2.53. The number of hydrogen-bond donors (Lipinski definition) is 0. The third-order valence-electron chi connectivity index (χ3n) is 10.7.